The second kappa shape index (κ2) is 8.40. The van der Waals surface area contributed by atoms with Crippen molar-refractivity contribution in [1.29, 1.82) is 0 Å². The molecule has 0 N–H and O–H groups in total. The molecule has 0 saturated carbocycles. The predicted octanol–water partition coefficient (Wildman–Crippen LogP) is 3.53. The molecule has 6 nitrogen and oxygen atoms in total. The largest absolute Gasteiger partial charge is 0.352 e. The minimum absolute atomic E-state index is 0.425. The summed E-state index contributed by atoms with van der Waals surface area (Å²) in [7, 11) is -3.47. The number of rotatable bonds is 4. The van der Waals surface area contributed by atoms with Gasteiger partial charge in [-0.05, 0) is 61.1 Å². The monoisotopic (exact) mass is 434 g/mol. The summed E-state index contributed by atoms with van der Waals surface area (Å²) in [6.07, 6.45) is 4.36. The molecule has 3 aromatic rings. The van der Waals surface area contributed by atoms with Crippen LogP contribution in [0, 0.1) is 0 Å². The van der Waals surface area contributed by atoms with E-state index in [0.717, 1.165) is 36.3 Å². The maximum Gasteiger partial charge on any atom is 0.243 e. The molecule has 1 saturated heterocycles. The molecule has 1 fully saturated rings. The van der Waals surface area contributed by atoms with Crippen molar-refractivity contribution in [3.63, 3.8) is 0 Å². The van der Waals surface area contributed by atoms with E-state index in [0.29, 0.717) is 31.1 Å². The third-order valence-electron chi connectivity index (χ3n) is 6.24. The number of piperazine rings is 1. The van der Waals surface area contributed by atoms with Gasteiger partial charge in [0.15, 0.2) is 5.82 Å². The summed E-state index contributed by atoms with van der Waals surface area (Å²) in [5.41, 5.74) is 4.35. The second-order valence-electron chi connectivity index (χ2n) is 8.17. The average Bonchev–Trinajstić information content (AvgIpc) is 2.84. The van der Waals surface area contributed by atoms with E-state index in [-0.39, 0.29) is 0 Å². The van der Waals surface area contributed by atoms with Gasteiger partial charge >= 0.3 is 0 Å². The highest BCUT2D eigenvalue weighted by molar-refractivity contribution is 7.89. The molecular formula is C24H26N4O2S. The molecule has 1 aliphatic heterocycles. The minimum Gasteiger partial charge on any atom is -0.352 e. The average molecular weight is 435 g/mol. The predicted molar refractivity (Wildman–Crippen MR) is 122 cm³/mol. The summed E-state index contributed by atoms with van der Waals surface area (Å²) in [5, 5.41) is 8.74. The molecule has 0 amide bonds. The Morgan fingerprint density at radius 3 is 2.19 bits per heavy atom. The molecule has 0 spiro atoms. The first-order valence-electron chi connectivity index (χ1n) is 10.9. The topological polar surface area (TPSA) is 66.4 Å². The van der Waals surface area contributed by atoms with Crippen LogP contribution < -0.4 is 4.90 Å². The van der Waals surface area contributed by atoms with E-state index >= 15 is 0 Å². The van der Waals surface area contributed by atoms with Crippen molar-refractivity contribution in [2.24, 2.45) is 0 Å². The van der Waals surface area contributed by atoms with Crippen LogP contribution in [-0.4, -0.2) is 49.1 Å². The lowest BCUT2D eigenvalue weighted by Gasteiger charge is -2.34. The number of fused-ring (bicyclic) bond motifs is 1. The van der Waals surface area contributed by atoms with Crippen LogP contribution in [0.5, 0.6) is 0 Å². The highest BCUT2D eigenvalue weighted by atomic mass is 32.2. The lowest BCUT2D eigenvalue weighted by atomic mass is 9.92. The van der Waals surface area contributed by atoms with Crippen molar-refractivity contribution in [2.75, 3.05) is 31.1 Å². The van der Waals surface area contributed by atoms with Crippen molar-refractivity contribution in [3.8, 4) is 11.3 Å². The van der Waals surface area contributed by atoms with Gasteiger partial charge in [0.05, 0.1) is 10.6 Å². The lowest BCUT2D eigenvalue weighted by molar-refractivity contribution is 0.383. The highest BCUT2D eigenvalue weighted by Gasteiger charge is 2.29. The van der Waals surface area contributed by atoms with Gasteiger partial charge in [0.25, 0.3) is 0 Å². The zero-order valence-corrected chi connectivity index (χ0v) is 18.3. The summed E-state index contributed by atoms with van der Waals surface area (Å²) in [5.74, 6) is 0.783. The standard InChI is InChI=1S/C24H26N4O2S/c29-31(30,22-11-10-19-6-4-5-9-21(19)18-22)28-16-14-27(15-17-28)24-13-12-23(25-26-24)20-7-2-1-3-8-20/h1-3,7-8,10-13,18H,4-6,9,14-17H2. The molecule has 5 rings (SSSR count). The van der Waals surface area contributed by atoms with Gasteiger partial charge in [-0.2, -0.15) is 4.31 Å². The summed E-state index contributed by atoms with van der Waals surface area (Å²) in [6, 6.07) is 19.5. The van der Waals surface area contributed by atoms with E-state index < -0.39 is 10.0 Å². The van der Waals surface area contributed by atoms with Crippen molar-refractivity contribution < 1.29 is 8.42 Å². The Balaban J connectivity index is 1.27. The first-order chi connectivity index (χ1) is 15.1. The van der Waals surface area contributed by atoms with Gasteiger partial charge < -0.3 is 4.90 Å². The van der Waals surface area contributed by atoms with Gasteiger partial charge in [-0.15, -0.1) is 10.2 Å². The molecule has 31 heavy (non-hydrogen) atoms. The van der Waals surface area contributed by atoms with Gasteiger partial charge in [0.1, 0.15) is 0 Å². The Morgan fingerprint density at radius 2 is 1.48 bits per heavy atom. The third kappa shape index (κ3) is 4.07. The van der Waals surface area contributed by atoms with E-state index in [1.165, 1.54) is 17.5 Å². The van der Waals surface area contributed by atoms with Crippen LogP contribution in [0.15, 0.2) is 65.6 Å². The molecule has 1 aromatic heterocycles. The zero-order valence-electron chi connectivity index (χ0n) is 17.4. The number of aromatic nitrogens is 2. The first kappa shape index (κ1) is 20.2. The van der Waals surface area contributed by atoms with Crippen molar-refractivity contribution in [2.45, 2.75) is 30.6 Å². The first-order valence-corrected chi connectivity index (χ1v) is 12.3. The zero-order chi connectivity index (χ0) is 21.3. The van der Waals surface area contributed by atoms with E-state index in [9.17, 15) is 8.42 Å². The van der Waals surface area contributed by atoms with Crippen molar-refractivity contribution in [3.05, 3.63) is 71.8 Å². The van der Waals surface area contributed by atoms with Gasteiger partial charge in [-0.3, -0.25) is 0 Å². The van der Waals surface area contributed by atoms with E-state index in [4.69, 9.17) is 0 Å². The van der Waals surface area contributed by atoms with E-state index in [1.54, 1.807) is 10.4 Å². The van der Waals surface area contributed by atoms with Crippen LogP contribution in [0.1, 0.15) is 24.0 Å². The Morgan fingerprint density at radius 1 is 0.742 bits per heavy atom. The van der Waals surface area contributed by atoms with Gasteiger partial charge in [0, 0.05) is 31.7 Å². The maximum atomic E-state index is 13.2. The molecule has 2 aromatic carbocycles. The molecule has 1 aliphatic carbocycles. The van der Waals surface area contributed by atoms with Gasteiger partial charge in [-0.1, -0.05) is 36.4 Å². The van der Waals surface area contributed by atoms with Crippen LogP contribution in [0.2, 0.25) is 0 Å². The maximum absolute atomic E-state index is 13.2. The van der Waals surface area contributed by atoms with Crippen LogP contribution in [0.25, 0.3) is 11.3 Å². The fraction of sp³-hybridized carbons (Fsp3) is 0.333. The number of benzene rings is 2. The molecule has 0 atom stereocenters. The van der Waals surface area contributed by atoms with Crippen molar-refractivity contribution >= 4 is 15.8 Å². The molecule has 160 valence electrons. The molecular weight excluding hydrogens is 408 g/mol. The Hall–Kier alpha value is -2.77. The van der Waals surface area contributed by atoms with E-state index in [1.807, 2.05) is 54.6 Å². The summed E-state index contributed by atoms with van der Waals surface area (Å²) in [6.45, 7) is 2.09. The lowest BCUT2D eigenvalue weighted by Crippen LogP contribution is -2.49. The van der Waals surface area contributed by atoms with Crippen LogP contribution in [0.4, 0.5) is 5.82 Å². The molecule has 0 bridgehead atoms. The molecule has 2 heterocycles. The summed E-state index contributed by atoms with van der Waals surface area (Å²) in [4.78, 5) is 2.52. The normalized spacial score (nSPS) is 17.4. The Bertz CT molecular complexity index is 1160. The minimum atomic E-state index is -3.47. The van der Waals surface area contributed by atoms with Crippen LogP contribution in [0.3, 0.4) is 0 Å². The third-order valence-corrected chi connectivity index (χ3v) is 8.14. The molecule has 2 aliphatic rings. The fourth-order valence-corrected chi connectivity index (χ4v) is 5.91. The van der Waals surface area contributed by atoms with Crippen LogP contribution >= 0.6 is 0 Å². The molecule has 7 heteroatoms. The fourth-order valence-electron chi connectivity index (χ4n) is 4.43. The molecule has 0 unspecified atom stereocenters. The van der Waals surface area contributed by atoms with Crippen LogP contribution in [-0.2, 0) is 22.9 Å². The quantitative estimate of drug-likeness (QED) is 0.628. The smallest absolute Gasteiger partial charge is 0.243 e. The number of hydrogen-bond donors (Lipinski definition) is 0. The van der Waals surface area contributed by atoms with Gasteiger partial charge in [0.2, 0.25) is 10.0 Å². The van der Waals surface area contributed by atoms with Gasteiger partial charge in [-0.25, -0.2) is 8.42 Å². The Labute approximate surface area is 183 Å². The van der Waals surface area contributed by atoms with E-state index in [2.05, 4.69) is 15.1 Å². The number of anilines is 1. The highest BCUT2D eigenvalue weighted by Crippen LogP contribution is 2.27. The second-order valence-corrected chi connectivity index (χ2v) is 10.1. The number of hydrogen-bond acceptors (Lipinski definition) is 5. The number of sulfonamides is 1. The summed E-state index contributed by atoms with van der Waals surface area (Å²) >= 11 is 0. The number of aryl methyl sites for hydroxylation is 2. The Kier molecular flexibility index (Phi) is 5.46. The SMILES string of the molecule is O=S(=O)(c1ccc2c(c1)CCCC2)N1CCN(c2ccc(-c3ccccc3)nn2)CC1. The summed E-state index contributed by atoms with van der Waals surface area (Å²) < 4.78 is 28.0. The van der Waals surface area contributed by atoms with Crippen molar-refractivity contribution in [1.82, 2.24) is 14.5 Å². The molecule has 0 radical (unpaired) electrons. The number of nitrogens with zero attached hydrogens (tertiary/aromatic N) is 4.